The van der Waals surface area contributed by atoms with Crippen LogP contribution in [0.2, 0.25) is 0 Å². The van der Waals surface area contributed by atoms with E-state index in [-0.39, 0.29) is 6.10 Å². The normalized spacial score (nSPS) is 23.9. The number of rotatable bonds is 3. The Hall–Kier alpha value is -0.870. The van der Waals surface area contributed by atoms with Gasteiger partial charge in [0.05, 0.1) is 12.3 Å². The van der Waals surface area contributed by atoms with Crippen LogP contribution in [-0.2, 0) is 6.42 Å². The SMILES string of the molecule is OC1CCCN(CCc2cn[nH]c2)C1. The molecule has 2 N–H and O–H groups in total. The second kappa shape index (κ2) is 4.57. The van der Waals surface area contributed by atoms with E-state index >= 15 is 0 Å². The zero-order valence-electron chi connectivity index (χ0n) is 8.32. The highest BCUT2D eigenvalue weighted by Gasteiger charge is 2.16. The van der Waals surface area contributed by atoms with Crippen LogP contribution in [0.15, 0.2) is 12.4 Å². The van der Waals surface area contributed by atoms with Crippen LogP contribution >= 0.6 is 0 Å². The van der Waals surface area contributed by atoms with Crippen molar-refractivity contribution in [3.05, 3.63) is 18.0 Å². The molecule has 1 atom stereocenters. The largest absolute Gasteiger partial charge is 0.392 e. The molecule has 1 aliphatic heterocycles. The van der Waals surface area contributed by atoms with E-state index in [0.29, 0.717) is 0 Å². The summed E-state index contributed by atoms with van der Waals surface area (Å²) in [6.07, 6.45) is 6.77. The van der Waals surface area contributed by atoms with Gasteiger partial charge < -0.3 is 10.0 Å². The topological polar surface area (TPSA) is 52.1 Å². The van der Waals surface area contributed by atoms with E-state index < -0.39 is 0 Å². The molecule has 4 nitrogen and oxygen atoms in total. The molecule has 1 unspecified atom stereocenters. The van der Waals surface area contributed by atoms with Gasteiger partial charge in [0, 0.05) is 19.3 Å². The highest BCUT2D eigenvalue weighted by Crippen LogP contribution is 2.10. The fourth-order valence-corrected chi connectivity index (χ4v) is 1.94. The van der Waals surface area contributed by atoms with Crippen LogP contribution in [0.4, 0.5) is 0 Å². The van der Waals surface area contributed by atoms with Gasteiger partial charge in [-0.3, -0.25) is 5.10 Å². The van der Waals surface area contributed by atoms with Crippen molar-refractivity contribution in [3.63, 3.8) is 0 Å². The van der Waals surface area contributed by atoms with Crippen molar-refractivity contribution in [1.29, 1.82) is 0 Å². The molecule has 1 aliphatic rings. The number of aliphatic hydroxyl groups excluding tert-OH is 1. The molecule has 0 amide bonds. The number of nitrogens with zero attached hydrogens (tertiary/aromatic N) is 2. The third kappa shape index (κ3) is 2.56. The van der Waals surface area contributed by atoms with Crippen molar-refractivity contribution in [3.8, 4) is 0 Å². The number of hydrogen-bond acceptors (Lipinski definition) is 3. The van der Waals surface area contributed by atoms with Crippen molar-refractivity contribution in [2.75, 3.05) is 19.6 Å². The average molecular weight is 195 g/mol. The predicted molar refractivity (Wildman–Crippen MR) is 54.0 cm³/mol. The van der Waals surface area contributed by atoms with Crippen LogP contribution in [-0.4, -0.2) is 45.9 Å². The van der Waals surface area contributed by atoms with E-state index in [1.54, 1.807) is 0 Å². The molecule has 0 spiro atoms. The zero-order chi connectivity index (χ0) is 9.80. The maximum absolute atomic E-state index is 9.48. The van der Waals surface area contributed by atoms with E-state index in [4.69, 9.17) is 0 Å². The molecule has 0 aromatic carbocycles. The van der Waals surface area contributed by atoms with Gasteiger partial charge in [-0.2, -0.15) is 5.10 Å². The lowest BCUT2D eigenvalue weighted by atomic mass is 10.1. The summed E-state index contributed by atoms with van der Waals surface area (Å²) >= 11 is 0. The molecular weight excluding hydrogens is 178 g/mol. The molecule has 1 aromatic heterocycles. The maximum Gasteiger partial charge on any atom is 0.0667 e. The first-order valence-corrected chi connectivity index (χ1v) is 5.22. The van der Waals surface area contributed by atoms with Crippen molar-refractivity contribution in [2.45, 2.75) is 25.4 Å². The predicted octanol–water partition coefficient (Wildman–Crippen LogP) is 0.409. The summed E-state index contributed by atoms with van der Waals surface area (Å²) in [4.78, 5) is 2.32. The van der Waals surface area contributed by atoms with Gasteiger partial charge in [0.1, 0.15) is 0 Å². The van der Waals surface area contributed by atoms with Crippen molar-refractivity contribution in [1.82, 2.24) is 15.1 Å². The summed E-state index contributed by atoms with van der Waals surface area (Å²) in [5.41, 5.74) is 1.24. The van der Waals surface area contributed by atoms with Crippen LogP contribution < -0.4 is 0 Å². The quantitative estimate of drug-likeness (QED) is 0.734. The second-order valence-electron chi connectivity index (χ2n) is 3.95. The standard InChI is InChI=1S/C10H17N3O/c14-10-2-1-4-13(8-10)5-3-9-6-11-12-7-9/h6-7,10,14H,1-5,8H2,(H,11,12). The number of aliphatic hydroxyl groups is 1. The monoisotopic (exact) mass is 195 g/mol. The van der Waals surface area contributed by atoms with Gasteiger partial charge in [-0.15, -0.1) is 0 Å². The molecule has 0 radical (unpaired) electrons. The molecule has 14 heavy (non-hydrogen) atoms. The number of H-pyrrole nitrogens is 1. The van der Waals surface area contributed by atoms with E-state index in [9.17, 15) is 5.11 Å². The van der Waals surface area contributed by atoms with Gasteiger partial charge in [-0.25, -0.2) is 0 Å². The Kier molecular flexibility index (Phi) is 3.16. The maximum atomic E-state index is 9.48. The minimum absolute atomic E-state index is 0.118. The lowest BCUT2D eigenvalue weighted by molar-refractivity contribution is 0.0714. The number of aromatic nitrogens is 2. The van der Waals surface area contributed by atoms with E-state index in [1.165, 1.54) is 5.56 Å². The summed E-state index contributed by atoms with van der Waals surface area (Å²) in [5, 5.41) is 16.2. The van der Waals surface area contributed by atoms with Gasteiger partial charge in [0.25, 0.3) is 0 Å². The molecule has 2 heterocycles. The van der Waals surface area contributed by atoms with E-state index in [1.807, 2.05) is 12.4 Å². The Morgan fingerprint density at radius 2 is 2.57 bits per heavy atom. The van der Waals surface area contributed by atoms with Crippen molar-refractivity contribution in [2.24, 2.45) is 0 Å². The molecule has 0 aliphatic carbocycles. The molecule has 1 aromatic rings. The third-order valence-corrected chi connectivity index (χ3v) is 2.75. The number of hydrogen-bond donors (Lipinski definition) is 2. The Morgan fingerprint density at radius 1 is 1.64 bits per heavy atom. The minimum atomic E-state index is -0.118. The Bertz CT molecular complexity index is 260. The zero-order valence-corrected chi connectivity index (χ0v) is 8.32. The Balaban J connectivity index is 1.75. The van der Waals surface area contributed by atoms with Crippen molar-refractivity contribution >= 4 is 0 Å². The smallest absolute Gasteiger partial charge is 0.0667 e. The molecule has 0 saturated carbocycles. The number of aromatic amines is 1. The second-order valence-corrected chi connectivity index (χ2v) is 3.95. The van der Waals surface area contributed by atoms with Crippen LogP contribution in [0, 0.1) is 0 Å². The van der Waals surface area contributed by atoms with Crippen LogP contribution in [0.25, 0.3) is 0 Å². The number of likely N-dealkylation sites (tertiary alicyclic amines) is 1. The molecule has 78 valence electrons. The summed E-state index contributed by atoms with van der Waals surface area (Å²) in [6.45, 7) is 2.98. The fraction of sp³-hybridized carbons (Fsp3) is 0.700. The highest BCUT2D eigenvalue weighted by atomic mass is 16.3. The lowest BCUT2D eigenvalue weighted by Crippen LogP contribution is -2.39. The minimum Gasteiger partial charge on any atom is -0.392 e. The van der Waals surface area contributed by atoms with Crippen LogP contribution in [0.3, 0.4) is 0 Å². The van der Waals surface area contributed by atoms with Crippen LogP contribution in [0.5, 0.6) is 0 Å². The third-order valence-electron chi connectivity index (χ3n) is 2.75. The summed E-state index contributed by atoms with van der Waals surface area (Å²) in [5.74, 6) is 0. The summed E-state index contributed by atoms with van der Waals surface area (Å²) in [6, 6.07) is 0. The number of nitrogens with one attached hydrogen (secondary N) is 1. The average Bonchev–Trinajstić information content (AvgIpc) is 2.67. The molecule has 0 bridgehead atoms. The van der Waals surface area contributed by atoms with Gasteiger partial charge >= 0.3 is 0 Å². The molecule has 1 fully saturated rings. The molecule has 2 rings (SSSR count). The van der Waals surface area contributed by atoms with E-state index in [0.717, 1.165) is 38.9 Å². The van der Waals surface area contributed by atoms with Crippen LogP contribution in [0.1, 0.15) is 18.4 Å². The Morgan fingerprint density at radius 3 is 3.29 bits per heavy atom. The first-order chi connectivity index (χ1) is 6.84. The first-order valence-electron chi connectivity index (χ1n) is 5.22. The number of β-amino-alcohol motifs (C(OH)–C–C–N with tert-alkyl or cyclic N) is 1. The summed E-state index contributed by atoms with van der Waals surface area (Å²) < 4.78 is 0. The van der Waals surface area contributed by atoms with Crippen molar-refractivity contribution < 1.29 is 5.11 Å². The molecular formula is C10H17N3O. The van der Waals surface area contributed by atoms with Gasteiger partial charge in [0.2, 0.25) is 0 Å². The van der Waals surface area contributed by atoms with Gasteiger partial charge in [-0.1, -0.05) is 0 Å². The van der Waals surface area contributed by atoms with Gasteiger partial charge in [-0.05, 0) is 31.4 Å². The number of piperidine rings is 1. The van der Waals surface area contributed by atoms with Gasteiger partial charge in [0.15, 0.2) is 0 Å². The Labute approximate surface area is 83.9 Å². The molecule has 4 heteroatoms. The lowest BCUT2D eigenvalue weighted by Gasteiger charge is -2.29. The first kappa shape index (κ1) is 9.68. The molecule has 1 saturated heterocycles. The fourth-order valence-electron chi connectivity index (χ4n) is 1.94. The van der Waals surface area contributed by atoms with E-state index in [2.05, 4.69) is 15.1 Å². The summed E-state index contributed by atoms with van der Waals surface area (Å²) in [7, 11) is 0. The highest BCUT2D eigenvalue weighted by molar-refractivity contribution is 5.02.